The lowest BCUT2D eigenvalue weighted by Gasteiger charge is -2.31. The van der Waals surface area contributed by atoms with Crippen molar-refractivity contribution in [3.05, 3.63) is 24.3 Å². The van der Waals surface area contributed by atoms with Crippen molar-refractivity contribution in [2.24, 2.45) is 11.7 Å². The summed E-state index contributed by atoms with van der Waals surface area (Å²) in [7, 11) is -3.61. The molecule has 0 spiro atoms. The summed E-state index contributed by atoms with van der Waals surface area (Å²) in [4.78, 5) is 12.3. The van der Waals surface area contributed by atoms with Gasteiger partial charge in [0.2, 0.25) is 15.9 Å². The summed E-state index contributed by atoms with van der Waals surface area (Å²) in [6.07, 6.45) is 1.35. The van der Waals surface area contributed by atoms with Crippen LogP contribution in [0.4, 0.5) is 0 Å². The zero-order valence-electron chi connectivity index (χ0n) is 14.3. The van der Waals surface area contributed by atoms with Crippen molar-refractivity contribution in [2.75, 3.05) is 32.8 Å². The lowest BCUT2D eigenvalue weighted by molar-refractivity contribution is -0.126. The number of sulfonamides is 1. The molecule has 1 aromatic carbocycles. The van der Waals surface area contributed by atoms with Crippen LogP contribution in [0.5, 0.6) is 5.75 Å². The second-order valence-electron chi connectivity index (χ2n) is 5.69. The first kappa shape index (κ1) is 21.7. The monoisotopic (exact) mass is 391 g/mol. The van der Waals surface area contributed by atoms with E-state index in [2.05, 4.69) is 5.32 Å². The molecule has 3 N–H and O–H groups in total. The van der Waals surface area contributed by atoms with Gasteiger partial charge in [0, 0.05) is 26.2 Å². The molecule has 25 heavy (non-hydrogen) atoms. The van der Waals surface area contributed by atoms with Gasteiger partial charge in [-0.3, -0.25) is 4.79 Å². The highest BCUT2D eigenvalue weighted by Crippen LogP contribution is 2.25. The van der Waals surface area contributed by atoms with Crippen LogP contribution in [0, 0.1) is 5.92 Å². The fraction of sp³-hybridized carbons (Fsp3) is 0.562. The molecule has 1 unspecified atom stereocenters. The number of carbonyl (C=O) groups is 1. The van der Waals surface area contributed by atoms with Gasteiger partial charge in [-0.2, -0.15) is 4.31 Å². The van der Waals surface area contributed by atoms with Crippen molar-refractivity contribution >= 4 is 28.3 Å². The Morgan fingerprint density at radius 2 is 2.04 bits per heavy atom. The summed E-state index contributed by atoms with van der Waals surface area (Å²) >= 11 is 0. The van der Waals surface area contributed by atoms with Crippen LogP contribution in [0.15, 0.2) is 29.2 Å². The number of nitrogens with one attached hydrogen (secondary N) is 1. The molecule has 1 atom stereocenters. The first-order valence-electron chi connectivity index (χ1n) is 8.19. The minimum Gasteiger partial charge on any atom is -0.494 e. The van der Waals surface area contributed by atoms with Crippen molar-refractivity contribution in [3.63, 3.8) is 0 Å². The molecule has 1 heterocycles. The van der Waals surface area contributed by atoms with E-state index in [1.165, 1.54) is 4.31 Å². The van der Waals surface area contributed by atoms with Crippen LogP contribution >= 0.6 is 12.4 Å². The number of piperidine rings is 1. The molecule has 2 rings (SSSR count). The van der Waals surface area contributed by atoms with Crippen molar-refractivity contribution in [3.8, 4) is 5.75 Å². The normalized spacial score (nSPS) is 18.2. The Kier molecular flexibility index (Phi) is 8.64. The third kappa shape index (κ3) is 5.57. The molecule has 0 radical (unpaired) electrons. The molecule has 1 fully saturated rings. The molecule has 1 amide bonds. The zero-order valence-corrected chi connectivity index (χ0v) is 15.9. The number of rotatable bonds is 7. The SMILES string of the molecule is CCOc1ccc(S(=O)(=O)N2CCCC(C(=O)NCCN)C2)cc1.Cl. The van der Waals surface area contributed by atoms with Crippen LogP contribution in [0.1, 0.15) is 19.8 Å². The molecule has 1 aromatic rings. The Hall–Kier alpha value is -1.35. The van der Waals surface area contributed by atoms with E-state index in [1.54, 1.807) is 24.3 Å². The largest absolute Gasteiger partial charge is 0.494 e. The van der Waals surface area contributed by atoms with Gasteiger partial charge in [0.05, 0.1) is 17.4 Å². The average Bonchev–Trinajstić information content (AvgIpc) is 2.60. The summed E-state index contributed by atoms with van der Waals surface area (Å²) in [6.45, 7) is 3.79. The van der Waals surface area contributed by atoms with Gasteiger partial charge in [-0.25, -0.2) is 8.42 Å². The van der Waals surface area contributed by atoms with Crippen LogP contribution in [0.25, 0.3) is 0 Å². The maximum absolute atomic E-state index is 12.8. The Labute approximate surface area is 155 Å². The maximum atomic E-state index is 12.8. The highest BCUT2D eigenvalue weighted by atomic mass is 35.5. The molecule has 0 aliphatic carbocycles. The summed E-state index contributed by atoms with van der Waals surface area (Å²) < 4.78 is 32.3. The molecule has 0 saturated carbocycles. The first-order valence-corrected chi connectivity index (χ1v) is 9.63. The highest BCUT2D eigenvalue weighted by molar-refractivity contribution is 7.89. The Morgan fingerprint density at radius 1 is 1.36 bits per heavy atom. The molecule has 1 saturated heterocycles. The molecule has 1 aliphatic rings. The minimum atomic E-state index is -3.61. The van der Waals surface area contributed by atoms with E-state index in [-0.39, 0.29) is 35.7 Å². The fourth-order valence-electron chi connectivity index (χ4n) is 2.74. The number of amides is 1. The zero-order chi connectivity index (χ0) is 17.6. The maximum Gasteiger partial charge on any atom is 0.243 e. The smallest absolute Gasteiger partial charge is 0.243 e. The molecule has 0 aromatic heterocycles. The van der Waals surface area contributed by atoms with Gasteiger partial charge in [-0.05, 0) is 44.0 Å². The molecule has 7 nitrogen and oxygen atoms in total. The van der Waals surface area contributed by atoms with Crippen molar-refractivity contribution < 1.29 is 17.9 Å². The van der Waals surface area contributed by atoms with Crippen molar-refractivity contribution in [1.29, 1.82) is 0 Å². The predicted molar refractivity (Wildman–Crippen MR) is 98.4 cm³/mol. The van der Waals surface area contributed by atoms with Crippen LogP contribution in [-0.4, -0.2) is 51.4 Å². The third-order valence-corrected chi connectivity index (χ3v) is 5.85. The van der Waals surface area contributed by atoms with Gasteiger partial charge in [0.1, 0.15) is 5.75 Å². The lowest BCUT2D eigenvalue weighted by atomic mass is 9.99. The molecule has 9 heteroatoms. The lowest BCUT2D eigenvalue weighted by Crippen LogP contribution is -2.46. The van der Waals surface area contributed by atoms with Crippen LogP contribution < -0.4 is 15.8 Å². The number of hydrogen-bond donors (Lipinski definition) is 2. The second-order valence-corrected chi connectivity index (χ2v) is 7.62. The van der Waals surface area contributed by atoms with Crippen molar-refractivity contribution in [2.45, 2.75) is 24.7 Å². The summed E-state index contributed by atoms with van der Waals surface area (Å²) in [5, 5.41) is 2.73. The number of ether oxygens (including phenoxy) is 1. The van der Waals surface area contributed by atoms with Crippen LogP contribution in [0.2, 0.25) is 0 Å². The van der Waals surface area contributed by atoms with Gasteiger partial charge in [0.25, 0.3) is 0 Å². The number of halogens is 1. The predicted octanol–water partition coefficient (Wildman–Crippen LogP) is 0.983. The number of benzene rings is 1. The fourth-order valence-corrected chi connectivity index (χ4v) is 4.26. The van der Waals surface area contributed by atoms with E-state index in [0.717, 1.165) is 0 Å². The van der Waals surface area contributed by atoms with Gasteiger partial charge < -0.3 is 15.8 Å². The average molecular weight is 392 g/mol. The second kappa shape index (κ2) is 9.96. The molecular weight excluding hydrogens is 366 g/mol. The topological polar surface area (TPSA) is 102 Å². The molecule has 1 aliphatic heterocycles. The standard InChI is InChI=1S/C16H25N3O4S.ClH/c1-2-23-14-5-7-15(8-6-14)24(21,22)19-11-3-4-13(12-19)16(20)18-10-9-17;/h5-8,13H,2-4,9-12,17H2,1H3,(H,18,20);1H. The molecule has 0 bridgehead atoms. The summed E-state index contributed by atoms with van der Waals surface area (Å²) in [5.74, 6) is 0.170. The molecule has 142 valence electrons. The third-order valence-electron chi connectivity index (χ3n) is 3.97. The van der Waals surface area contributed by atoms with Crippen molar-refractivity contribution in [1.82, 2.24) is 9.62 Å². The highest BCUT2D eigenvalue weighted by Gasteiger charge is 2.33. The summed E-state index contributed by atoms with van der Waals surface area (Å²) in [6, 6.07) is 6.37. The Morgan fingerprint density at radius 3 is 2.64 bits per heavy atom. The van der Waals surface area contributed by atoms with E-state index in [4.69, 9.17) is 10.5 Å². The first-order chi connectivity index (χ1) is 11.5. The van der Waals surface area contributed by atoms with Crippen LogP contribution in [0.3, 0.4) is 0 Å². The van der Waals surface area contributed by atoms with Crippen LogP contribution in [-0.2, 0) is 14.8 Å². The van der Waals surface area contributed by atoms with E-state index in [0.29, 0.717) is 44.8 Å². The number of hydrogen-bond acceptors (Lipinski definition) is 5. The van der Waals surface area contributed by atoms with E-state index < -0.39 is 10.0 Å². The minimum absolute atomic E-state index is 0. The van der Waals surface area contributed by atoms with Gasteiger partial charge >= 0.3 is 0 Å². The molecular formula is C16H26ClN3O4S. The number of nitrogens with zero attached hydrogens (tertiary/aromatic N) is 1. The Balaban J connectivity index is 0.00000312. The van der Waals surface area contributed by atoms with E-state index >= 15 is 0 Å². The summed E-state index contributed by atoms with van der Waals surface area (Å²) in [5.41, 5.74) is 5.38. The van der Waals surface area contributed by atoms with E-state index in [9.17, 15) is 13.2 Å². The van der Waals surface area contributed by atoms with Gasteiger partial charge in [-0.15, -0.1) is 12.4 Å². The van der Waals surface area contributed by atoms with Gasteiger partial charge in [0.15, 0.2) is 0 Å². The number of carbonyl (C=O) groups excluding carboxylic acids is 1. The van der Waals surface area contributed by atoms with Gasteiger partial charge in [-0.1, -0.05) is 0 Å². The quantitative estimate of drug-likeness (QED) is 0.721. The Bertz CT molecular complexity index is 652. The number of nitrogens with two attached hydrogens (primary N) is 1. The van der Waals surface area contributed by atoms with E-state index in [1.807, 2.05) is 6.92 Å².